The Balaban J connectivity index is 1.83. The fourth-order valence-corrected chi connectivity index (χ4v) is 4.02. The average molecular weight is 334 g/mol. The molecule has 1 aliphatic rings. The summed E-state index contributed by atoms with van der Waals surface area (Å²) >= 11 is 0. The average Bonchev–Trinajstić information content (AvgIpc) is 2.53. The Morgan fingerprint density at radius 1 is 0.880 bits per heavy atom. The molecule has 0 bridgehead atoms. The maximum atomic E-state index is 3.73. The predicted octanol–water partition coefficient (Wildman–Crippen LogP) is 6.82. The van der Waals surface area contributed by atoms with Gasteiger partial charge in [-0.2, -0.15) is 0 Å². The van der Waals surface area contributed by atoms with Crippen molar-refractivity contribution in [1.82, 2.24) is 0 Å². The molecule has 2 atom stereocenters. The van der Waals surface area contributed by atoms with E-state index in [0.29, 0.717) is 17.3 Å². The highest BCUT2D eigenvalue weighted by Gasteiger charge is 2.31. The Labute approximate surface area is 152 Å². The van der Waals surface area contributed by atoms with Gasteiger partial charge < -0.3 is 5.32 Å². The molecule has 0 radical (unpaired) electrons. The van der Waals surface area contributed by atoms with Gasteiger partial charge in [-0.25, -0.2) is 0 Å². The molecule has 0 aliphatic heterocycles. The zero-order chi connectivity index (χ0) is 18.2. The Kier molecular flexibility index (Phi) is 4.53. The van der Waals surface area contributed by atoms with Crippen LogP contribution in [0.15, 0.2) is 66.3 Å². The van der Waals surface area contributed by atoms with Gasteiger partial charge in [-0.1, -0.05) is 76.3 Å². The Bertz CT molecular complexity index is 817. The largest absolute Gasteiger partial charge is 0.376 e. The zero-order valence-electron chi connectivity index (χ0n) is 16.4. The van der Waals surface area contributed by atoms with Gasteiger partial charge in [-0.05, 0) is 59.6 Å². The second-order valence-corrected chi connectivity index (χ2v) is 9.04. The van der Waals surface area contributed by atoms with Crippen LogP contribution in [0.2, 0.25) is 0 Å². The molecule has 1 N–H and O–H groups in total. The molecular formula is C24H31N. The van der Waals surface area contributed by atoms with Crippen molar-refractivity contribution in [3.8, 4) is 0 Å². The summed E-state index contributed by atoms with van der Waals surface area (Å²) in [5.74, 6) is 1.14. The second kappa shape index (κ2) is 6.37. The molecule has 2 aromatic carbocycles. The molecule has 0 fully saturated rings. The van der Waals surface area contributed by atoms with Crippen LogP contribution in [0.25, 0.3) is 10.8 Å². The Hall–Kier alpha value is -2.02. The lowest BCUT2D eigenvalue weighted by atomic mass is 9.70. The van der Waals surface area contributed by atoms with E-state index in [4.69, 9.17) is 0 Å². The maximum Gasteiger partial charge on any atom is 0.0565 e. The first kappa shape index (κ1) is 17.8. The van der Waals surface area contributed by atoms with E-state index in [1.807, 2.05) is 0 Å². The van der Waals surface area contributed by atoms with E-state index in [1.165, 1.54) is 22.0 Å². The number of benzene rings is 2. The summed E-state index contributed by atoms with van der Waals surface area (Å²) in [6.07, 6.45) is 7.18. The van der Waals surface area contributed by atoms with E-state index >= 15 is 0 Å². The van der Waals surface area contributed by atoms with Crippen molar-refractivity contribution in [2.24, 2.45) is 17.3 Å². The van der Waals surface area contributed by atoms with Crippen molar-refractivity contribution in [1.29, 1.82) is 0 Å². The van der Waals surface area contributed by atoms with Crippen LogP contribution in [0.4, 0.5) is 5.69 Å². The van der Waals surface area contributed by atoms with Crippen LogP contribution < -0.4 is 5.32 Å². The van der Waals surface area contributed by atoms with Crippen molar-refractivity contribution in [3.63, 3.8) is 0 Å². The molecule has 2 unspecified atom stereocenters. The second-order valence-electron chi connectivity index (χ2n) is 9.04. The van der Waals surface area contributed by atoms with Gasteiger partial charge in [0.2, 0.25) is 0 Å². The smallest absolute Gasteiger partial charge is 0.0565 e. The molecule has 0 saturated carbocycles. The molecule has 2 aromatic rings. The van der Waals surface area contributed by atoms with Gasteiger partial charge in [-0.15, -0.1) is 0 Å². The van der Waals surface area contributed by atoms with Gasteiger partial charge in [0, 0.05) is 5.69 Å². The number of nitrogens with one attached hydrogen (secondary N) is 1. The molecule has 1 heteroatoms. The first-order valence-corrected chi connectivity index (χ1v) is 9.34. The summed E-state index contributed by atoms with van der Waals surface area (Å²) in [7, 11) is 0. The zero-order valence-corrected chi connectivity index (χ0v) is 16.4. The molecule has 0 heterocycles. The lowest BCUT2D eigenvalue weighted by molar-refractivity contribution is 0.242. The molecular weight excluding hydrogens is 302 g/mol. The quantitative estimate of drug-likeness (QED) is 0.649. The van der Waals surface area contributed by atoms with Crippen LogP contribution in [0.5, 0.6) is 0 Å². The lowest BCUT2D eigenvalue weighted by Crippen LogP contribution is -2.35. The first-order chi connectivity index (χ1) is 11.7. The summed E-state index contributed by atoms with van der Waals surface area (Å²) in [5, 5.41) is 6.29. The van der Waals surface area contributed by atoms with Crippen LogP contribution in [-0.4, -0.2) is 5.54 Å². The van der Waals surface area contributed by atoms with E-state index in [1.54, 1.807) is 0 Å². The molecule has 0 saturated heterocycles. The number of hydrogen-bond acceptors (Lipinski definition) is 1. The van der Waals surface area contributed by atoms with Crippen molar-refractivity contribution >= 4 is 16.5 Å². The van der Waals surface area contributed by atoms with E-state index in [-0.39, 0.29) is 5.54 Å². The van der Waals surface area contributed by atoms with Crippen molar-refractivity contribution < 1.29 is 0 Å². The molecule has 0 amide bonds. The van der Waals surface area contributed by atoms with E-state index in [2.05, 4.69) is 108 Å². The van der Waals surface area contributed by atoms with Crippen LogP contribution in [0.1, 0.15) is 41.5 Å². The van der Waals surface area contributed by atoms with Crippen LogP contribution in [-0.2, 0) is 0 Å². The van der Waals surface area contributed by atoms with E-state index < -0.39 is 0 Å². The van der Waals surface area contributed by atoms with Gasteiger partial charge >= 0.3 is 0 Å². The number of rotatable bonds is 3. The fraction of sp³-hybridized carbons (Fsp3) is 0.417. The highest BCUT2D eigenvalue weighted by molar-refractivity contribution is 5.85. The molecule has 1 aliphatic carbocycles. The maximum absolute atomic E-state index is 3.73. The summed E-state index contributed by atoms with van der Waals surface area (Å²) in [6, 6.07) is 15.1. The molecule has 0 aromatic heterocycles. The summed E-state index contributed by atoms with van der Waals surface area (Å²) < 4.78 is 0. The van der Waals surface area contributed by atoms with Crippen LogP contribution in [0.3, 0.4) is 0 Å². The minimum atomic E-state index is -0.101. The first-order valence-electron chi connectivity index (χ1n) is 9.34. The van der Waals surface area contributed by atoms with E-state index in [0.717, 1.165) is 0 Å². The van der Waals surface area contributed by atoms with Gasteiger partial charge in [0.1, 0.15) is 0 Å². The normalized spacial score (nSPS) is 21.3. The van der Waals surface area contributed by atoms with Gasteiger partial charge in [-0.3, -0.25) is 0 Å². The molecule has 0 spiro atoms. The van der Waals surface area contributed by atoms with Gasteiger partial charge in [0.05, 0.1) is 5.54 Å². The topological polar surface area (TPSA) is 12.0 Å². The minimum absolute atomic E-state index is 0.101. The van der Waals surface area contributed by atoms with Gasteiger partial charge in [0.15, 0.2) is 0 Å². The molecule has 25 heavy (non-hydrogen) atoms. The van der Waals surface area contributed by atoms with E-state index in [9.17, 15) is 0 Å². The summed E-state index contributed by atoms with van der Waals surface area (Å²) in [4.78, 5) is 0. The lowest BCUT2D eigenvalue weighted by Gasteiger charge is -2.38. The highest BCUT2D eigenvalue weighted by Crippen LogP contribution is 2.39. The molecule has 3 rings (SSSR count). The monoisotopic (exact) mass is 333 g/mol. The summed E-state index contributed by atoms with van der Waals surface area (Å²) in [5.41, 5.74) is 2.74. The number of allylic oxidation sites excluding steroid dienone is 2. The predicted molar refractivity (Wildman–Crippen MR) is 111 cm³/mol. The Morgan fingerprint density at radius 2 is 1.56 bits per heavy atom. The fourth-order valence-electron chi connectivity index (χ4n) is 4.02. The van der Waals surface area contributed by atoms with Crippen molar-refractivity contribution in [2.45, 2.75) is 47.1 Å². The SMILES string of the molecule is CC1C=C(C(C)(C)Nc2ccc3ccccc3c2)C=CC1C(C)(C)C. The van der Waals surface area contributed by atoms with Crippen LogP contribution in [0, 0.1) is 17.3 Å². The Morgan fingerprint density at radius 3 is 2.20 bits per heavy atom. The van der Waals surface area contributed by atoms with Crippen LogP contribution >= 0.6 is 0 Å². The number of fused-ring (bicyclic) bond motifs is 1. The minimum Gasteiger partial charge on any atom is -0.376 e. The third kappa shape index (κ3) is 3.81. The number of hydrogen-bond donors (Lipinski definition) is 1. The third-order valence-electron chi connectivity index (χ3n) is 5.42. The van der Waals surface area contributed by atoms with Crippen molar-refractivity contribution in [3.05, 3.63) is 66.3 Å². The van der Waals surface area contributed by atoms with Gasteiger partial charge in [0.25, 0.3) is 0 Å². The van der Waals surface area contributed by atoms with Crippen molar-refractivity contribution in [2.75, 3.05) is 5.32 Å². The standard InChI is InChI=1S/C24H31N/c1-17-15-20(12-14-22(17)23(2,3)4)24(5,6)25-21-13-11-18-9-7-8-10-19(18)16-21/h7-17,22,25H,1-6H3. The number of anilines is 1. The molecule has 132 valence electrons. The summed E-state index contributed by atoms with van der Waals surface area (Å²) in [6.45, 7) is 13.9. The molecule has 1 nitrogen and oxygen atoms in total. The highest BCUT2D eigenvalue weighted by atomic mass is 15.0. The third-order valence-corrected chi connectivity index (χ3v) is 5.42.